The Morgan fingerprint density at radius 2 is 1.58 bits per heavy atom. The lowest BCUT2D eigenvalue weighted by molar-refractivity contribution is -0.153. The number of aryl methyl sites for hydroxylation is 2. The van der Waals surface area contributed by atoms with Crippen LogP contribution in [-0.2, 0) is 15.9 Å². The smallest absolute Gasteiger partial charge is 0.174 e. The van der Waals surface area contributed by atoms with Gasteiger partial charge in [-0.1, -0.05) is 29.3 Å². The summed E-state index contributed by atoms with van der Waals surface area (Å²) in [4.78, 5) is 0. The second-order valence-corrected chi connectivity index (χ2v) is 4.75. The van der Waals surface area contributed by atoms with Gasteiger partial charge in [-0.3, -0.25) is 11.3 Å². The summed E-state index contributed by atoms with van der Waals surface area (Å²) in [5.74, 6) is 5.65. The van der Waals surface area contributed by atoms with E-state index in [1.807, 2.05) is 13.8 Å². The van der Waals surface area contributed by atoms with Crippen LogP contribution in [0, 0.1) is 13.8 Å². The molecule has 0 aromatic heterocycles. The average molecular weight is 266 g/mol. The molecule has 0 saturated carbocycles. The summed E-state index contributed by atoms with van der Waals surface area (Å²) in [6.07, 6.45) is 0.463. The predicted octanol–water partition coefficient (Wildman–Crippen LogP) is 2.08. The lowest BCUT2D eigenvalue weighted by Crippen LogP contribution is -2.48. The Bertz CT molecular complexity index is 356. The van der Waals surface area contributed by atoms with Gasteiger partial charge >= 0.3 is 0 Å². The van der Waals surface area contributed by atoms with E-state index in [1.54, 1.807) is 0 Å². The monoisotopic (exact) mass is 266 g/mol. The van der Waals surface area contributed by atoms with Crippen LogP contribution in [0.1, 0.15) is 30.5 Å². The van der Waals surface area contributed by atoms with Crippen molar-refractivity contribution in [3.8, 4) is 0 Å². The summed E-state index contributed by atoms with van der Waals surface area (Å²) in [6, 6.07) is 6.45. The van der Waals surface area contributed by atoms with Gasteiger partial charge in [0.05, 0.1) is 6.04 Å². The van der Waals surface area contributed by atoms with E-state index >= 15 is 0 Å². The van der Waals surface area contributed by atoms with Crippen LogP contribution >= 0.6 is 0 Å². The van der Waals surface area contributed by atoms with Crippen molar-refractivity contribution in [2.75, 3.05) is 13.2 Å². The van der Waals surface area contributed by atoms with E-state index in [4.69, 9.17) is 15.3 Å². The number of nitrogens with one attached hydrogen (secondary N) is 1. The Hall–Kier alpha value is -0.940. The van der Waals surface area contributed by atoms with E-state index in [2.05, 4.69) is 37.5 Å². The molecular weight excluding hydrogens is 240 g/mol. The topological polar surface area (TPSA) is 56.5 Å². The highest BCUT2D eigenvalue weighted by atomic mass is 16.7. The molecule has 0 heterocycles. The molecule has 0 radical (unpaired) electrons. The van der Waals surface area contributed by atoms with Crippen LogP contribution in [0.15, 0.2) is 18.2 Å². The SMILES string of the molecule is CCOC(OCC)C(Cc1cc(C)cc(C)c1)NN. The molecule has 108 valence electrons. The predicted molar refractivity (Wildman–Crippen MR) is 77.8 cm³/mol. The van der Waals surface area contributed by atoms with Crippen molar-refractivity contribution in [1.29, 1.82) is 0 Å². The number of hydrazine groups is 1. The Labute approximate surface area is 116 Å². The van der Waals surface area contributed by atoms with E-state index in [9.17, 15) is 0 Å². The van der Waals surface area contributed by atoms with Crippen LogP contribution in [0.3, 0.4) is 0 Å². The summed E-state index contributed by atoms with van der Waals surface area (Å²) in [5.41, 5.74) is 6.57. The quantitative estimate of drug-likeness (QED) is 0.430. The van der Waals surface area contributed by atoms with Crippen LogP contribution in [-0.4, -0.2) is 25.5 Å². The molecular formula is C15H26N2O2. The lowest BCUT2D eigenvalue weighted by Gasteiger charge is -2.26. The Morgan fingerprint density at radius 3 is 2.00 bits per heavy atom. The molecule has 19 heavy (non-hydrogen) atoms. The second kappa shape index (κ2) is 8.27. The number of hydrogen-bond acceptors (Lipinski definition) is 4. The molecule has 4 heteroatoms. The highest BCUT2D eigenvalue weighted by molar-refractivity contribution is 5.29. The molecule has 0 bridgehead atoms. The van der Waals surface area contributed by atoms with Gasteiger partial charge in [0.1, 0.15) is 0 Å². The van der Waals surface area contributed by atoms with E-state index in [1.165, 1.54) is 16.7 Å². The van der Waals surface area contributed by atoms with Crippen LogP contribution in [0.5, 0.6) is 0 Å². The van der Waals surface area contributed by atoms with Crippen molar-refractivity contribution < 1.29 is 9.47 Å². The molecule has 0 saturated heterocycles. The first kappa shape index (κ1) is 16.1. The third kappa shape index (κ3) is 5.28. The molecule has 1 unspecified atom stereocenters. The first-order valence-corrected chi connectivity index (χ1v) is 6.87. The van der Waals surface area contributed by atoms with Gasteiger partial charge in [-0.15, -0.1) is 0 Å². The molecule has 1 atom stereocenters. The van der Waals surface area contributed by atoms with Crippen molar-refractivity contribution in [3.05, 3.63) is 34.9 Å². The van der Waals surface area contributed by atoms with E-state index in [0.717, 1.165) is 6.42 Å². The van der Waals surface area contributed by atoms with Gasteiger partial charge in [0.15, 0.2) is 6.29 Å². The highest BCUT2D eigenvalue weighted by Gasteiger charge is 2.21. The number of ether oxygens (including phenoxy) is 2. The first-order chi connectivity index (χ1) is 9.10. The standard InChI is InChI=1S/C15H26N2O2/c1-5-18-15(19-6-2)14(17-16)10-13-8-11(3)7-12(4)9-13/h7-9,14-15,17H,5-6,10,16H2,1-4H3. The number of rotatable bonds is 8. The van der Waals surface area contributed by atoms with Crippen LogP contribution < -0.4 is 11.3 Å². The molecule has 0 aliphatic carbocycles. The van der Waals surface area contributed by atoms with Crippen LogP contribution in [0.2, 0.25) is 0 Å². The van der Waals surface area contributed by atoms with E-state index in [0.29, 0.717) is 13.2 Å². The molecule has 0 amide bonds. The summed E-state index contributed by atoms with van der Waals surface area (Å²) < 4.78 is 11.2. The van der Waals surface area contributed by atoms with Crippen LogP contribution in [0.4, 0.5) is 0 Å². The minimum atomic E-state index is -0.319. The number of nitrogens with two attached hydrogens (primary N) is 1. The fourth-order valence-corrected chi connectivity index (χ4v) is 2.28. The van der Waals surface area contributed by atoms with Gasteiger partial charge < -0.3 is 9.47 Å². The lowest BCUT2D eigenvalue weighted by atomic mass is 10.0. The molecule has 1 rings (SSSR count). The number of benzene rings is 1. The molecule has 0 aliphatic heterocycles. The maximum absolute atomic E-state index is 5.65. The zero-order valence-electron chi connectivity index (χ0n) is 12.4. The zero-order valence-corrected chi connectivity index (χ0v) is 12.4. The normalized spacial score (nSPS) is 12.9. The molecule has 4 nitrogen and oxygen atoms in total. The van der Waals surface area contributed by atoms with Crippen molar-refractivity contribution in [2.24, 2.45) is 5.84 Å². The van der Waals surface area contributed by atoms with Gasteiger partial charge in [-0.2, -0.15) is 0 Å². The summed E-state index contributed by atoms with van der Waals surface area (Å²) in [5, 5.41) is 0. The fraction of sp³-hybridized carbons (Fsp3) is 0.600. The third-order valence-corrected chi connectivity index (χ3v) is 2.94. The Morgan fingerprint density at radius 1 is 1.05 bits per heavy atom. The molecule has 1 aromatic carbocycles. The summed E-state index contributed by atoms with van der Waals surface area (Å²) >= 11 is 0. The molecule has 1 aromatic rings. The highest BCUT2D eigenvalue weighted by Crippen LogP contribution is 2.14. The molecule has 0 spiro atoms. The van der Waals surface area contributed by atoms with Gasteiger partial charge in [0.25, 0.3) is 0 Å². The van der Waals surface area contributed by atoms with Crippen molar-refractivity contribution in [2.45, 2.75) is 46.4 Å². The Kier molecular flexibility index (Phi) is 7.02. The summed E-state index contributed by atoms with van der Waals surface area (Å²) in [7, 11) is 0. The van der Waals surface area contributed by atoms with Gasteiger partial charge in [0.2, 0.25) is 0 Å². The van der Waals surface area contributed by atoms with Gasteiger partial charge in [0, 0.05) is 13.2 Å². The molecule has 3 N–H and O–H groups in total. The zero-order chi connectivity index (χ0) is 14.3. The molecule has 0 aliphatic rings. The van der Waals surface area contributed by atoms with E-state index < -0.39 is 0 Å². The molecule has 0 fully saturated rings. The van der Waals surface area contributed by atoms with Crippen molar-refractivity contribution in [3.63, 3.8) is 0 Å². The Balaban J connectivity index is 2.78. The van der Waals surface area contributed by atoms with Crippen molar-refractivity contribution >= 4 is 0 Å². The third-order valence-electron chi connectivity index (χ3n) is 2.94. The maximum Gasteiger partial charge on any atom is 0.174 e. The second-order valence-electron chi connectivity index (χ2n) is 4.75. The first-order valence-electron chi connectivity index (χ1n) is 6.87. The largest absolute Gasteiger partial charge is 0.351 e. The minimum absolute atomic E-state index is 0.0545. The maximum atomic E-state index is 5.65. The van der Waals surface area contributed by atoms with Gasteiger partial charge in [-0.05, 0) is 39.7 Å². The van der Waals surface area contributed by atoms with Gasteiger partial charge in [-0.25, -0.2) is 0 Å². The summed E-state index contributed by atoms with van der Waals surface area (Å²) in [6.45, 7) is 9.33. The average Bonchev–Trinajstić information content (AvgIpc) is 2.34. The van der Waals surface area contributed by atoms with E-state index in [-0.39, 0.29) is 12.3 Å². The minimum Gasteiger partial charge on any atom is -0.351 e. The number of hydrogen-bond donors (Lipinski definition) is 2. The van der Waals surface area contributed by atoms with Crippen molar-refractivity contribution in [1.82, 2.24) is 5.43 Å². The fourth-order valence-electron chi connectivity index (χ4n) is 2.28. The van der Waals surface area contributed by atoms with Crippen LogP contribution in [0.25, 0.3) is 0 Å².